The molecule has 212 valence electrons. The molecule has 0 bridgehead atoms. The Balaban J connectivity index is 2.08. The number of aromatic hydroxyl groups is 1. The van der Waals surface area contributed by atoms with Crippen LogP contribution in [0.3, 0.4) is 0 Å². The van der Waals surface area contributed by atoms with Crippen molar-refractivity contribution in [1.82, 2.24) is 0 Å². The van der Waals surface area contributed by atoms with Gasteiger partial charge < -0.3 is 9.84 Å². The summed E-state index contributed by atoms with van der Waals surface area (Å²) in [5.41, 5.74) is 3.35. The predicted molar refractivity (Wildman–Crippen MR) is 160 cm³/mol. The lowest BCUT2D eigenvalue weighted by molar-refractivity contribution is -0.143. The van der Waals surface area contributed by atoms with E-state index in [1.807, 2.05) is 19.1 Å². The first kappa shape index (κ1) is 33.3. The van der Waals surface area contributed by atoms with Crippen LogP contribution in [0.2, 0.25) is 0 Å². The van der Waals surface area contributed by atoms with Crippen LogP contribution in [0.25, 0.3) is 5.57 Å². The SMILES string of the molecule is C=C(C)c1cc(CCC(=O)OCCCCCCCCCCCCCCCCCC)cc(C(C)(C)C)c1O. The van der Waals surface area contributed by atoms with Crippen molar-refractivity contribution >= 4 is 11.5 Å². The van der Waals surface area contributed by atoms with E-state index >= 15 is 0 Å². The van der Waals surface area contributed by atoms with Crippen LogP contribution in [0.4, 0.5) is 0 Å². The monoisotopic (exact) mass is 514 g/mol. The highest BCUT2D eigenvalue weighted by molar-refractivity contribution is 5.71. The Morgan fingerprint density at radius 2 is 1.27 bits per heavy atom. The number of aryl methyl sites for hydroxylation is 1. The van der Waals surface area contributed by atoms with Crippen LogP contribution in [-0.4, -0.2) is 17.7 Å². The molecule has 1 N–H and O–H groups in total. The normalized spacial score (nSPS) is 11.6. The molecule has 0 heterocycles. The van der Waals surface area contributed by atoms with Gasteiger partial charge in [0.05, 0.1) is 6.61 Å². The molecule has 1 aromatic carbocycles. The van der Waals surface area contributed by atoms with Crippen LogP contribution >= 0.6 is 0 Å². The third kappa shape index (κ3) is 15.3. The number of carbonyl (C=O) groups excluding carboxylic acids is 1. The quantitative estimate of drug-likeness (QED) is 0.131. The molecular weight excluding hydrogens is 456 g/mol. The molecule has 3 nitrogen and oxygen atoms in total. The third-order valence-corrected chi connectivity index (χ3v) is 7.32. The minimum Gasteiger partial charge on any atom is -0.507 e. The fourth-order valence-corrected chi connectivity index (χ4v) is 4.89. The Kier molecular flexibility index (Phi) is 17.4. The van der Waals surface area contributed by atoms with E-state index in [1.165, 1.54) is 89.9 Å². The lowest BCUT2D eigenvalue weighted by Gasteiger charge is -2.23. The number of esters is 1. The summed E-state index contributed by atoms with van der Waals surface area (Å²) in [4.78, 5) is 12.3. The van der Waals surface area contributed by atoms with E-state index in [9.17, 15) is 9.90 Å². The zero-order valence-electron chi connectivity index (χ0n) is 25.1. The van der Waals surface area contributed by atoms with Crippen LogP contribution in [0.5, 0.6) is 5.75 Å². The molecule has 0 spiro atoms. The average Bonchev–Trinajstić information content (AvgIpc) is 2.84. The van der Waals surface area contributed by atoms with Gasteiger partial charge in [0.1, 0.15) is 5.75 Å². The fraction of sp³-hybridized carbons (Fsp3) is 0.735. The number of phenolic OH excluding ortho intramolecular Hbond substituents is 1. The van der Waals surface area contributed by atoms with Gasteiger partial charge in [0.25, 0.3) is 0 Å². The number of ether oxygens (including phenoxy) is 1. The Bertz CT molecular complexity index is 772. The second-order valence-corrected chi connectivity index (χ2v) is 12.1. The van der Waals surface area contributed by atoms with Crippen LogP contribution < -0.4 is 0 Å². The van der Waals surface area contributed by atoms with Crippen molar-refractivity contribution in [2.75, 3.05) is 6.61 Å². The smallest absolute Gasteiger partial charge is 0.306 e. The molecular formula is C34H58O3. The maximum absolute atomic E-state index is 12.3. The zero-order chi connectivity index (χ0) is 27.5. The van der Waals surface area contributed by atoms with E-state index in [0.717, 1.165) is 35.1 Å². The van der Waals surface area contributed by atoms with Gasteiger partial charge in [-0.05, 0) is 42.4 Å². The molecule has 1 rings (SSSR count). The number of hydrogen-bond donors (Lipinski definition) is 1. The molecule has 0 unspecified atom stereocenters. The first-order chi connectivity index (χ1) is 17.7. The summed E-state index contributed by atoms with van der Waals surface area (Å²) >= 11 is 0. The number of carbonyl (C=O) groups is 1. The molecule has 37 heavy (non-hydrogen) atoms. The number of rotatable bonds is 21. The predicted octanol–water partition coefficient (Wildman–Crippen LogP) is 10.5. The average molecular weight is 515 g/mol. The van der Waals surface area contributed by atoms with Gasteiger partial charge >= 0.3 is 5.97 Å². The third-order valence-electron chi connectivity index (χ3n) is 7.32. The lowest BCUT2D eigenvalue weighted by atomic mass is 9.82. The second-order valence-electron chi connectivity index (χ2n) is 12.1. The van der Waals surface area contributed by atoms with E-state index in [1.54, 1.807) is 0 Å². The van der Waals surface area contributed by atoms with Gasteiger partial charge in [-0.1, -0.05) is 137 Å². The molecule has 0 saturated carbocycles. The summed E-state index contributed by atoms with van der Waals surface area (Å²) in [5.74, 6) is 0.165. The fourth-order valence-electron chi connectivity index (χ4n) is 4.89. The van der Waals surface area contributed by atoms with Gasteiger partial charge in [0.15, 0.2) is 0 Å². The summed E-state index contributed by atoms with van der Waals surface area (Å²) in [5, 5.41) is 10.7. The number of unbranched alkanes of at least 4 members (excludes halogenated alkanes) is 15. The van der Waals surface area contributed by atoms with Gasteiger partial charge in [-0.25, -0.2) is 0 Å². The molecule has 0 amide bonds. The van der Waals surface area contributed by atoms with E-state index in [0.29, 0.717) is 25.2 Å². The van der Waals surface area contributed by atoms with Crippen molar-refractivity contribution < 1.29 is 14.6 Å². The maximum atomic E-state index is 12.3. The van der Waals surface area contributed by atoms with Gasteiger partial charge in [-0.2, -0.15) is 0 Å². The summed E-state index contributed by atoms with van der Waals surface area (Å²) in [6.45, 7) is 15.0. The maximum Gasteiger partial charge on any atom is 0.306 e. The summed E-state index contributed by atoms with van der Waals surface area (Å²) in [6.07, 6.45) is 22.4. The minimum atomic E-state index is -0.182. The van der Waals surface area contributed by atoms with Gasteiger partial charge in [-0.3, -0.25) is 4.79 Å². The Labute approximate surface area is 229 Å². The van der Waals surface area contributed by atoms with Gasteiger partial charge in [0, 0.05) is 17.5 Å². The lowest BCUT2D eigenvalue weighted by Crippen LogP contribution is -2.13. The molecule has 0 aliphatic carbocycles. The number of benzene rings is 1. The van der Waals surface area contributed by atoms with Crippen molar-refractivity contribution in [3.63, 3.8) is 0 Å². The van der Waals surface area contributed by atoms with Crippen LogP contribution in [0.1, 0.15) is 160 Å². The van der Waals surface area contributed by atoms with Crippen molar-refractivity contribution in [2.24, 2.45) is 0 Å². The zero-order valence-corrected chi connectivity index (χ0v) is 25.1. The molecule has 0 aliphatic heterocycles. The first-order valence-electron chi connectivity index (χ1n) is 15.3. The standard InChI is InChI=1S/C34H58O3/c1-7-8-9-10-11-12-13-14-15-16-17-18-19-20-21-22-25-37-32(35)24-23-29-26-30(28(2)3)33(36)31(27-29)34(4,5)6/h26-27,36H,2,7-25H2,1,3-6H3. The highest BCUT2D eigenvalue weighted by Gasteiger charge is 2.22. The van der Waals surface area contributed by atoms with Crippen LogP contribution in [0, 0.1) is 0 Å². The van der Waals surface area contributed by atoms with Gasteiger partial charge in [0.2, 0.25) is 0 Å². The van der Waals surface area contributed by atoms with Crippen molar-refractivity contribution in [3.05, 3.63) is 35.4 Å². The Morgan fingerprint density at radius 3 is 1.70 bits per heavy atom. The van der Waals surface area contributed by atoms with Crippen molar-refractivity contribution in [1.29, 1.82) is 0 Å². The minimum absolute atomic E-state index is 0.136. The summed E-state index contributed by atoms with van der Waals surface area (Å²) in [6, 6.07) is 3.97. The molecule has 0 aromatic heterocycles. The molecule has 1 aromatic rings. The van der Waals surface area contributed by atoms with E-state index in [4.69, 9.17) is 4.74 Å². The topological polar surface area (TPSA) is 46.5 Å². The van der Waals surface area contributed by atoms with Gasteiger partial charge in [-0.15, -0.1) is 0 Å². The highest BCUT2D eigenvalue weighted by atomic mass is 16.5. The number of phenols is 1. The highest BCUT2D eigenvalue weighted by Crippen LogP contribution is 2.37. The number of hydrogen-bond acceptors (Lipinski definition) is 3. The molecule has 0 radical (unpaired) electrons. The van der Waals surface area contributed by atoms with Crippen molar-refractivity contribution in [3.8, 4) is 5.75 Å². The molecule has 3 heteroatoms. The molecule has 0 fully saturated rings. The summed E-state index contributed by atoms with van der Waals surface area (Å²) in [7, 11) is 0. The van der Waals surface area contributed by atoms with Crippen molar-refractivity contribution in [2.45, 2.75) is 156 Å². The van der Waals surface area contributed by atoms with E-state index in [2.05, 4.69) is 34.3 Å². The Morgan fingerprint density at radius 1 is 0.811 bits per heavy atom. The largest absolute Gasteiger partial charge is 0.507 e. The summed E-state index contributed by atoms with van der Waals surface area (Å²) < 4.78 is 5.48. The molecule has 0 saturated heterocycles. The van der Waals surface area contributed by atoms with E-state index < -0.39 is 0 Å². The van der Waals surface area contributed by atoms with Crippen LogP contribution in [-0.2, 0) is 21.4 Å². The second kappa shape index (κ2) is 19.3. The van der Waals surface area contributed by atoms with Crippen LogP contribution in [0.15, 0.2) is 18.7 Å². The van der Waals surface area contributed by atoms with E-state index in [-0.39, 0.29) is 11.4 Å². The number of allylic oxidation sites excluding steroid dienone is 1. The molecule has 0 aliphatic rings. The first-order valence-corrected chi connectivity index (χ1v) is 15.3. The molecule has 0 atom stereocenters. The Hall–Kier alpha value is -1.77.